The van der Waals surface area contributed by atoms with Crippen molar-refractivity contribution in [1.82, 2.24) is 4.98 Å². The summed E-state index contributed by atoms with van der Waals surface area (Å²) in [6, 6.07) is 6.73. The number of nitrogens with two attached hydrogens (primary N) is 1. The average Bonchev–Trinajstić information content (AvgIpc) is 3.04. The number of hydrogen-bond acceptors (Lipinski definition) is 5. The van der Waals surface area contributed by atoms with E-state index >= 15 is 0 Å². The average molecular weight is 303 g/mol. The lowest BCUT2D eigenvalue weighted by molar-refractivity contribution is 0.102. The smallest absolute Gasteiger partial charge is 0.277 e. The summed E-state index contributed by atoms with van der Waals surface area (Å²) < 4.78 is 10.4. The minimum absolute atomic E-state index is 0.213. The second kappa shape index (κ2) is 7.09. The minimum atomic E-state index is -0.337. The highest BCUT2D eigenvalue weighted by Gasteiger charge is 2.20. The van der Waals surface area contributed by atoms with Crippen LogP contribution in [-0.4, -0.2) is 18.0 Å². The Morgan fingerprint density at radius 3 is 2.68 bits per heavy atom. The number of methoxy groups -OCH3 is 1. The van der Waals surface area contributed by atoms with Gasteiger partial charge in [0.25, 0.3) is 5.91 Å². The Morgan fingerprint density at radius 1 is 1.41 bits per heavy atom. The van der Waals surface area contributed by atoms with Gasteiger partial charge in [0.1, 0.15) is 12.0 Å². The van der Waals surface area contributed by atoms with Crippen LogP contribution in [0.25, 0.3) is 0 Å². The number of carbonyl (C=O) groups is 1. The molecule has 0 saturated heterocycles. The fourth-order valence-electron chi connectivity index (χ4n) is 1.91. The van der Waals surface area contributed by atoms with Gasteiger partial charge < -0.3 is 20.2 Å². The standard InChI is InChI=1S/C16H21N3O3/c1-4-10(2)14(17)16-19-13(9-22-16)15(20)18-11-5-7-12(21-3)8-6-11/h5-10,14H,4,17H2,1-3H3,(H,18,20). The summed E-state index contributed by atoms with van der Waals surface area (Å²) in [6.07, 6.45) is 2.24. The van der Waals surface area contributed by atoms with Crippen LogP contribution in [0.15, 0.2) is 34.9 Å². The molecule has 6 nitrogen and oxygen atoms in total. The fraction of sp³-hybridized carbons (Fsp3) is 0.375. The van der Waals surface area contributed by atoms with Gasteiger partial charge in [0.05, 0.1) is 13.2 Å². The van der Waals surface area contributed by atoms with Gasteiger partial charge in [0, 0.05) is 5.69 Å². The highest BCUT2D eigenvalue weighted by molar-refractivity contribution is 6.02. The summed E-state index contributed by atoms with van der Waals surface area (Å²) in [5.41, 5.74) is 6.91. The van der Waals surface area contributed by atoms with Crippen molar-refractivity contribution in [3.8, 4) is 5.75 Å². The van der Waals surface area contributed by atoms with Gasteiger partial charge in [-0.1, -0.05) is 20.3 Å². The molecule has 118 valence electrons. The fourth-order valence-corrected chi connectivity index (χ4v) is 1.91. The first-order chi connectivity index (χ1) is 10.5. The predicted octanol–water partition coefficient (Wildman–Crippen LogP) is 2.98. The van der Waals surface area contributed by atoms with E-state index in [1.807, 2.05) is 13.8 Å². The molecular formula is C16H21N3O3. The molecule has 22 heavy (non-hydrogen) atoms. The number of hydrogen-bond donors (Lipinski definition) is 2. The molecule has 1 aromatic carbocycles. The van der Waals surface area contributed by atoms with Gasteiger partial charge in [0.2, 0.25) is 5.89 Å². The lowest BCUT2D eigenvalue weighted by atomic mass is 10.0. The lowest BCUT2D eigenvalue weighted by Crippen LogP contribution is -2.19. The van der Waals surface area contributed by atoms with Crippen LogP contribution in [0, 0.1) is 5.92 Å². The van der Waals surface area contributed by atoms with Crippen molar-refractivity contribution in [3.63, 3.8) is 0 Å². The summed E-state index contributed by atoms with van der Waals surface area (Å²) in [5, 5.41) is 2.75. The van der Waals surface area contributed by atoms with E-state index in [1.165, 1.54) is 6.26 Å². The largest absolute Gasteiger partial charge is 0.497 e. The molecule has 2 atom stereocenters. The molecule has 2 aromatic rings. The minimum Gasteiger partial charge on any atom is -0.497 e. The lowest BCUT2D eigenvalue weighted by Gasteiger charge is -2.13. The molecule has 1 heterocycles. The molecule has 3 N–H and O–H groups in total. The van der Waals surface area contributed by atoms with E-state index in [0.717, 1.165) is 12.2 Å². The molecule has 0 aliphatic rings. The molecule has 0 saturated carbocycles. The van der Waals surface area contributed by atoms with Crippen LogP contribution in [0.5, 0.6) is 5.75 Å². The first-order valence-corrected chi connectivity index (χ1v) is 7.21. The van der Waals surface area contributed by atoms with E-state index in [0.29, 0.717) is 11.6 Å². The Hall–Kier alpha value is -2.34. The highest BCUT2D eigenvalue weighted by atomic mass is 16.5. The number of aromatic nitrogens is 1. The summed E-state index contributed by atoms with van der Waals surface area (Å²) in [5.74, 6) is 1.00. The number of ether oxygens (including phenoxy) is 1. The molecule has 1 amide bonds. The molecule has 0 aliphatic carbocycles. The third-order valence-corrected chi connectivity index (χ3v) is 3.64. The number of carbonyl (C=O) groups excluding carboxylic acids is 1. The van der Waals surface area contributed by atoms with Crippen LogP contribution in [0.4, 0.5) is 5.69 Å². The number of rotatable bonds is 6. The highest BCUT2D eigenvalue weighted by Crippen LogP contribution is 2.21. The van der Waals surface area contributed by atoms with Crippen molar-refractivity contribution in [2.45, 2.75) is 26.3 Å². The number of nitrogens with zero attached hydrogens (tertiary/aromatic N) is 1. The SMILES string of the molecule is CCC(C)C(N)c1nc(C(=O)Nc2ccc(OC)cc2)co1. The van der Waals surface area contributed by atoms with Crippen LogP contribution < -0.4 is 15.8 Å². The second-order valence-corrected chi connectivity index (χ2v) is 5.16. The number of anilines is 1. The molecule has 0 fully saturated rings. The van der Waals surface area contributed by atoms with Crippen LogP contribution in [0.3, 0.4) is 0 Å². The third-order valence-electron chi connectivity index (χ3n) is 3.64. The molecule has 0 spiro atoms. The summed E-state index contributed by atoms with van der Waals surface area (Å²) >= 11 is 0. The van der Waals surface area contributed by atoms with E-state index in [-0.39, 0.29) is 23.6 Å². The monoisotopic (exact) mass is 303 g/mol. The van der Waals surface area contributed by atoms with Gasteiger partial charge in [0.15, 0.2) is 5.69 Å². The van der Waals surface area contributed by atoms with Crippen LogP contribution in [0.2, 0.25) is 0 Å². The van der Waals surface area contributed by atoms with E-state index in [9.17, 15) is 4.79 Å². The van der Waals surface area contributed by atoms with Crippen molar-refractivity contribution < 1.29 is 13.9 Å². The molecule has 6 heteroatoms. The van der Waals surface area contributed by atoms with E-state index < -0.39 is 0 Å². The van der Waals surface area contributed by atoms with Gasteiger partial charge in [-0.2, -0.15) is 0 Å². The van der Waals surface area contributed by atoms with Gasteiger partial charge in [-0.3, -0.25) is 4.79 Å². The molecule has 2 rings (SSSR count). The first kappa shape index (κ1) is 16.0. The zero-order valence-corrected chi connectivity index (χ0v) is 13.0. The maximum atomic E-state index is 12.1. The normalized spacial score (nSPS) is 13.5. The molecule has 0 aliphatic heterocycles. The Labute approximate surface area is 129 Å². The molecule has 1 aromatic heterocycles. The van der Waals surface area contributed by atoms with Crippen LogP contribution >= 0.6 is 0 Å². The van der Waals surface area contributed by atoms with Crippen LogP contribution in [0.1, 0.15) is 42.7 Å². The van der Waals surface area contributed by atoms with Crippen LogP contribution in [-0.2, 0) is 0 Å². The van der Waals surface area contributed by atoms with Crippen molar-refractivity contribution >= 4 is 11.6 Å². The van der Waals surface area contributed by atoms with E-state index in [4.69, 9.17) is 14.9 Å². The Morgan fingerprint density at radius 2 is 2.09 bits per heavy atom. The summed E-state index contributed by atoms with van der Waals surface area (Å²) in [6.45, 7) is 4.07. The van der Waals surface area contributed by atoms with Gasteiger partial charge in [-0.15, -0.1) is 0 Å². The molecule has 2 unspecified atom stereocenters. The van der Waals surface area contributed by atoms with Crippen molar-refractivity contribution in [2.75, 3.05) is 12.4 Å². The van der Waals surface area contributed by atoms with Gasteiger partial charge >= 0.3 is 0 Å². The van der Waals surface area contributed by atoms with Crippen molar-refractivity contribution in [3.05, 3.63) is 42.1 Å². The second-order valence-electron chi connectivity index (χ2n) is 5.16. The van der Waals surface area contributed by atoms with Gasteiger partial charge in [-0.25, -0.2) is 4.98 Å². The number of benzene rings is 1. The Bertz CT molecular complexity index is 622. The summed E-state index contributed by atoms with van der Waals surface area (Å²) in [7, 11) is 1.59. The molecule has 0 radical (unpaired) electrons. The zero-order chi connectivity index (χ0) is 16.1. The zero-order valence-electron chi connectivity index (χ0n) is 13.0. The van der Waals surface area contributed by atoms with Crippen molar-refractivity contribution in [2.24, 2.45) is 11.7 Å². The molecular weight excluding hydrogens is 282 g/mol. The number of nitrogens with one attached hydrogen (secondary N) is 1. The number of oxazole rings is 1. The molecule has 0 bridgehead atoms. The predicted molar refractivity (Wildman–Crippen MR) is 83.8 cm³/mol. The number of amides is 1. The summed E-state index contributed by atoms with van der Waals surface area (Å²) in [4.78, 5) is 16.3. The van der Waals surface area contributed by atoms with Crippen molar-refractivity contribution in [1.29, 1.82) is 0 Å². The Balaban J connectivity index is 2.05. The maximum absolute atomic E-state index is 12.1. The quantitative estimate of drug-likeness (QED) is 0.856. The topological polar surface area (TPSA) is 90.4 Å². The van der Waals surface area contributed by atoms with E-state index in [2.05, 4.69) is 10.3 Å². The van der Waals surface area contributed by atoms with Gasteiger partial charge in [-0.05, 0) is 30.2 Å². The Kier molecular flexibility index (Phi) is 5.16. The maximum Gasteiger partial charge on any atom is 0.277 e. The van der Waals surface area contributed by atoms with E-state index in [1.54, 1.807) is 31.4 Å². The third kappa shape index (κ3) is 3.65. The first-order valence-electron chi connectivity index (χ1n) is 7.21.